The normalized spacial score (nSPS) is 20.1. The molecule has 1 aliphatic rings. The van der Waals surface area contributed by atoms with Gasteiger partial charge in [0.25, 0.3) is 0 Å². The zero-order valence-electron chi connectivity index (χ0n) is 13.8. The van der Waals surface area contributed by atoms with Gasteiger partial charge in [0.2, 0.25) is 0 Å². The van der Waals surface area contributed by atoms with Gasteiger partial charge in [0, 0.05) is 32.8 Å². The van der Waals surface area contributed by atoms with E-state index >= 15 is 0 Å². The highest BCUT2D eigenvalue weighted by Crippen LogP contribution is 2.19. The van der Waals surface area contributed by atoms with E-state index in [1.54, 1.807) is 0 Å². The van der Waals surface area contributed by atoms with Crippen molar-refractivity contribution in [2.45, 2.75) is 45.8 Å². The first-order valence-corrected chi connectivity index (χ1v) is 8.20. The highest BCUT2D eigenvalue weighted by Gasteiger charge is 2.19. The van der Waals surface area contributed by atoms with E-state index in [2.05, 4.69) is 48.3 Å². The Morgan fingerprint density at radius 3 is 2.90 bits per heavy atom. The van der Waals surface area contributed by atoms with Gasteiger partial charge >= 0.3 is 0 Å². The Kier molecular flexibility index (Phi) is 6.68. The largest absolute Gasteiger partial charge is 0.384 e. The summed E-state index contributed by atoms with van der Waals surface area (Å²) < 4.78 is 5.32. The van der Waals surface area contributed by atoms with Crippen molar-refractivity contribution in [2.75, 3.05) is 26.8 Å². The van der Waals surface area contributed by atoms with E-state index < -0.39 is 0 Å². The number of benzene rings is 1. The van der Waals surface area contributed by atoms with Gasteiger partial charge in [-0.05, 0) is 36.4 Å². The number of methoxy groups -OCH3 is 1. The van der Waals surface area contributed by atoms with Gasteiger partial charge in [0.05, 0.1) is 6.61 Å². The van der Waals surface area contributed by atoms with Crippen LogP contribution in [0, 0.1) is 5.92 Å². The maximum atomic E-state index is 5.32. The molecule has 0 aromatic heterocycles. The number of likely N-dealkylation sites (tertiary alicyclic amines) is 1. The first kappa shape index (κ1) is 16.5. The molecule has 1 unspecified atom stereocenters. The summed E-state index contributed by atoms with van der Waals surface area (Å²) in [7, 11) is 1.81. The Morgan fingerprint density at radius 2 is 2.14 bits per heavy atom. The monoisotopic (exact) mass is 290 g/mol. The minimum Gasteiger partial charge on any atom is -0.384 e. The van der Waals surface area contributed by atoms with Crippen LogP contribution in [0.4, 0.5) is 0 Å². The van der Waals surface area contributed by atoms with E-state index in [1.807, 2.05) is 7.11 Å². The van der Waals surface area contributed by atoms with Crippen LogP contribution in [-0.4, -0.2) is 37.7 Å². The van der Waals surface area contributed by atoms with Gasteiger partial charge in [0.1, 0.15) is 0 Å². The van der Waals surface area contributed by atoms with Gasteiger partial charge in [-0.15, -0.1) is 0 Å². The molecule has 1 heterocycles. The molecule has 1 atom stereocenters. The molecule has 2 rings (SSSR count). The molecule has 1 aliphatic heterocycles. The van der Waals surface area contributed by atoms with E-state index in [-0.39, 0.29) is 0 Å². The Labute approximate surface area is 129 Å². The summed E-state index contributed by atoms with van der Waals surface area (Å²) in [6, 6.07) is 9.52. The van der Waals surface area contributed by atoms with E-state index in [4.69, 9.17) is 4.74 Å². The number of hydrogen-bond acceptors (Lipinski definition) is 3. The summed E-state index contributed by atoms with van der Waals surface area (Å²) in [5.74, 6) is 0.703. The Balaban J connectivity index is 1.88. The Hall–Kier alpha value is -0.900. The van der Waals surface area contributed by atoms with E-state index in [9.17, 15) is 0 Å². The first-order chi connectivity index (χ1) is 10.2. The van der Waals surface area contributed by atoms with Crippen LogP contribution in [0.5, 0.6) is 0 Å². The van der Waals surface area contributed by atoms with E-state index in [0.29, 0.717) is 12.0 Å². The molecule has 1 aromatic rings. The zero-order valence-corrected chi connectivity index (χ0v) is 13.8. The molecule has 1 fully saturated rings. The molecule has 0 spiro atoms. The molecule has 3 heteroatoms. The topological polar surface area (TPSA) is 24.5 Å². The highest BCUT2D eigenvalue weighted by atomic mass is 16.5. The lowest BCUT2D eigenvalue weighted by Crippen LogP contribution is -2.36. The fourth-order valence-corrected chi connectivity index (χ4v) is 3.08. The lowest BCUT2D eigenvalue weighted by atomic mass is 9.98. The van der Waals surface area contributed by atoms with Gasteiger partial charge in [-0.25, -0.2) is 0 Å². The van der Waals surface area contributed by atoms with Crippen LogP contribution >= 0.6 is 0 Å². The summed E-state index contributed by atoms with van der Waals surface area (Å²) in [5, 5.41) is 3.49. The van der Waals surface area contributed by atoms with Crippen LogP contribution in [0.3, 0.4) is 0 Å². The maximum absolute atomic E-state index is 5.32. The number of piperidine rings is 1. The number of ether oxygens (including phenoxy) is 1. The van der Waals surface area contributed by atoms with Crippen molar-refractivity contribution in [2.24, 2.45) is 5.92 Å². The predicted molar refractivity (Wildman–Crippen MR) is 88.3 cm³/mol. The molecule has 1 N–H and O–H groups in total. The average molecular weight is 290 g/mol. The van der Waals surface area contributed by atoms with Crippen LogP contribution < -0.4 is 5.32 Å². The van der Waals surface area contributed by atoms with Crippen LogP contribution in [0.15, 0.2) is 24.3 Å². The molecule has 0 bridgehead atoms. The summed E-state index contributed by atoms with van der Waals surface area (Å²) in [5.41, 5.74) is 2.81. The SMILES string of the molecule is COCC1CCCN(Cc2cccc(CNC(C)C)c2)C1. The molecule has 0 aliphatic carbocycles. The van der Waals surface area contributed by atoms with Gasteiger partial charge < -0.3 is 10.1 Å². The van der Waals surface area contributed by atoms with Crippen molar-refractivity contribution in [1.82, 2.24) is 10.2 Å². The van der Waals surface area contributed by atoms with Gasteiger partial charge in [-0.1, -0.05) is 38.1 Å². The summed E-state index contributed by atoms with van der Waals surface area (Å²) in [6.07, 6.45) is 2.60. The number of rotatable bonds is 7. The second-order valence-corrected chi connectivity index (χ2v) is 6.55. The number of hydrogen-bond donors (Lipinski definition) is 1. The van der Waals surface area contributed by atoms with Crippen molar-refractivity contribution in [3.8, 4) is 0 Å². The maximum Gasteiger partial charge on any atom is 0.0502 e. The molecule has 0 radical (unpaired) electrons. The van der Waals surface area contributed by atoms with Crippen molar-refractivity contribution >= 4 is 0 Å². The molecule has 1 saturated heterocycles. The van der Waals surface area contributed by atoms with Gasteiger partial charge in [-0.2, -0.15) is 0 Å². The molecular formula is C18H30N2O. The number of nitrogens with zero attached hydrogens (tertiary/aromatic N) is 1. The van der Waals surface area contributed by atoms with Crippen molar-refractivity contribution in [3.05, 3.63) is 35.4 Å². The fraction of sp³-hybridized carbons (Fsp3) is 0.667. The first-order valence-electron chi connectivity index (χ1n) is 8.20. The summed E-state index contributed by atoms with van der Waals surface area (Å²) >= 11 is 0. The van der Waals surface area contributed by atoms with E-state index in [0.717, 1.165) is 19.7 Å². The molecular weight excluding hydrogens is 260 g/mol. The molecule has 0 amide bonds. The highest BCUT2D eigenvalue weighted by molar-refractivity contribution is 5.23. The lowest BCUT2D eigenvalue weighted by molar-refractivity contribution is 0.0874. The second-order valence-electron chi connectivity index (χ2n) is 6.55. The molecule has 21 heavy (non-hydrogen) atoms. The third kappa shape index (κ3) is 5.77. The fourth-order valence-electron chi connectivity index (χ4n) is 3.08. The molecule has 118 valence electrons. The number of nitrogens with one attached hydrogen (secondary N) is 1. The minimum atomic E-state index is 0.533. The van der Waals surface area contributed by atoms with Crippen molar-refractivity contribution < 1.29 is 4.74 Å². The Bertz CT molecular complexity index is 417. The average Bonchev–Trinajstić information content (AvgIpc) is 2.46. The lowest BCUT2D eigenvalue weighted by Gasteiger charge is -2.32. The standard InChI is InChI=1S/C18H30N2O/c1-15(2)19-11-16-6-4-7-17(10-16)12-20-9-5-8-18(13-20)14-21-3/h4,6-7,10,15,18-19H,5,8-9,11-14H2,1-3H3. The Morgan fingerprint density at radius 1 is 1.33 bits per heavy atom. The van der Waals surface area contributed by atoms with Crippen molar-refractivity contribution in [3.63, 3.8) is 0 Å². The summed E-state index contributed by atoms with van der Waals surface area (Å²) in [4.78, 5) is 2.57. The smallest absolute Gasteiger partial charge is 0.0502 e. The van der Waals surface area contributed by atoms with Crippen molar-refractivity contribution in [1.29, 1.82) is 0 Å². The zero-order chi connectivity index (χ0) is 15.1. The van der Waals surface area contributed by atoms with Crippen LogP contribution in [0.2, 0.25) is 0 Å². The third-order valence-corrected chi connectivity index (χ3v) is 4.12. The quantitative estimate of drug-likeness (QED) is 0.835. The van der Waals surface area contributed by atoms with Crippen LogP contribution in [0.1, 0.15) is 37.8 Å². The van der Waals surface area contributed by atoms with Gasteiger partial charge in [-0.3, -0.25) is 4.90 Å². The molecule has 0 saturated carbocycles. The van der Waals surface area contributed by atoms with E-state index in [1.165, 1.54) is 37.1 Å². The summed E-state index contributed by atoms with van der Waals surface area (Å²) in [6.45, 7) is 9.68. The van der Waals surface area contributed by atoms with Crippen LogP contribution in [0.25, 0.3) is 0 Å². The third-order valence-electron chi connectivity index (χ3n) is 4.12. The predicted octanol–water partition coefficient (Wildman–Crippen LogP) is 3.04. The van der Waals surface area contributed by atoms with Gasteiger partial charge in [0.15, 0.2) is 0 Å². The van der Waals surface area contributed by atoms with Crippen LogP contribution in [-0.2, 0) is 17.8 Å². The molecule has 1 aromatic carbocycles. The second kappa shape index (κ2) is 8.52. The minimum absolute atomic E-state index is 0.533. The molecule has 3 nitrogen and oxygen atoms in total.